The first-order valence-electron chi connectivity index (χ1n) is 11.8. The van der Waals surface area contributed by atoms with Crippen molar-refractivity contribution >= 4 is 22.7 Å². The lowest BCUT2D eigenvalue weighted by atomic mass is 9.98. The van der Waals surface area contributed by atoms with Gasteiger partial charge in [-0.2, -0.15) is 0 Å². The molecule has 1 aliphatic rings. The van der Waals surface area contributed by atoms with Gasteiger partial charge in [0.1, 0.15) is 29.6 Å². The van der Waals surface area contributed by atoms with Crippen molar-refractivity contribution in [3.63, 3.8) is 0 Å². The number of hydrogen-bond donors (Lipinski definition) is 0. The molecule has 1 aliphatic heterocycles. The van der Waals surface area contributed by atoms with Crippen LogP contribution in [0, 0.1) is 12.7 Å². The van der Waals surface area contributed by atoms with Gasteiger partial charge in [0.15, 0.2) is 5.43 Å². The van der Waals surface area contributed by atoms with Gasteiger partial charge in [-0.1, -0.05) is 48.5 Å². The third-order valence-electron chi connectivity index (χ3n) is 6.40. The maximum absolute atomic E-state index is 14.0. The van der Waals surface area contributed by atoms with Gasteiger partial charge >= 0.3 is 0 Å². The van der Waals surface area contributed by atoms with Crippen LogP contribution in [-0.2, 0) is 6.61 Å². The van der Waals surface area contributed by atoms with E-state index in [0.717, 1.165) is 17.2 Å². The molecule has 0 spiro atoms. The molecule has 0 saturated carbocycles. The molecule has 0 fully saturated rings. The van der Waals surface area contributed by atoms with Gasteiger partial charge in [0.05, 0.1) is 17.0 Å². The molecular weight excluding hydrogens is 471 g/mol. The summed E-state index contributed by atoms with van der Waals surface area (Å²) in [5.41, 5.74) is 2.41. The molecule has 0 saturated heterocycles. The maximum Gasteiger partial charge on any atom is 0.296 e. The molecule has 182 valence electrons. The predicted octanol–water partition coefficient (Wildman–Crippen LogP) is 5.96. The Balaban J connectivity index is 1.50. The van der Waals surface area contributed by atoms with Crippen molar-refractivity contribution in [2.75, 3.05) is 4.90 Å². The number of amides is 1. The second kappa shape index (κ2) is 9.02. The van der Waals surface area contributed by atoms with E-state index >= 15 is 0 Å². The Bertz CT molecular complexity index is 1700. The zero-order valence-electron chi connectivity index (χ0n) is 19.9. The van der Waals surface area contributed by atoms with Crippen LogP contribution in [0.2, 0.25) is 0 Å². The number of anilines is 1. The first-order chi connectivity index (χ1) is 18.0. The molecule has 37 heavy (non-hydrogen) atoms. The first-order valence-corrected chi connectivity index (χ1v) is 11.8. The van der Waals surface area contributed by atoms with Gasteiger partial charge in [-0.05, 0) is 60.0 Å². The highest BCUT2D eigenvalue weighted by atomic mass is 19.1. The Kier molecular flexibility index (Phi) is 5.53. The van der Waals surface area contributed by atoms with Gasteiger partial charge in [-0.15, -0.1) is 0 Å². The third-order valence-corrected chi connectivity index (χ3v) is 6.40. The summed E-state index contributed by atoms with van der Waals surface area (Å²) in [6.07, 6.45) is 1.66. The Morgan fingerprint density at radius 1 is 0.973 bits per heavy atom. The molecule has 2 aromatic heterocycles. The van der Waals surface area contributed by atoms with Crippen LogP contribution in [0.25, 0.3) is 11.0 Å². The van der Waals surface area contributed by atoms with Crippen molar-refractivity contribution in [1.82, 2.24) is 4.98 Å². The summed E-state index contributed by atoms with van der Waals surface area (Å²) in [6.45, 7) is 2.26. The van der Waals surface area contributed by atoms with Gasteiger partial charge in [0, 0.05) is 6.20 Å². The van der Waals surface area contributed by atoms with Gasteiger partial charge in [-0.3, -0.25) is 14.5 Å². The summed E-state index contributed by atoms with van der Waals surface area (Å²) < 4.78 is 25.9. The third kappa shape index (κ3) is 4.04. The number of halogens is 1. The molecule has 7 heteroatoms. The predicted molar refractivity (Wildman–Crippen MR) is 137 cm³/mol. The fraction of sp³-hybridized carbons (Fsp3) is 0.100. The second-order valence-electron chi connectivity index (χ2n) is 8.93. The van der Waals surface area contributed by atoms with Crippen LogP contribution in [-0.4, -0.2) is 10.9 Å². The van der Waals surface area contributed by atoms with Crippen molar-refractivity contribution in [3.05, 3.63) is 135 Å². The van der Waals surface area contributed by atoms with Crippen LogP contribution in [0.4, 0.5) is 10.2 Å². The molecule has 6 rings (SSSR count). The largest absolute Gasteiger partial charge is 0.489 e. The Morgan fingerprint density at radius 2 is 1.81 bits per heavy atom. The molecule has 1 unspecified atom stereocenters. The smallest absolute Gasteiger partial charge is 0.296 e. The average molecular weight is 493 g/mol. The van der Waals surface area contributed by atoms with Crippen molar-refractivity contribution in [1.29, 1.82) is 0 Å². The maximum atomic E-state index is 14.0. The highest BCUT2D eigenvalue weighted by molar-refractivity contribution is 6.10. The zero-order valence-corrected chi connectivity index (χ0v) is 19.9. The molecule has 0 radical (unpaired) electrons. The van der Waals surface area contributed by atoms with Crippen LogP contribution in [0.1, 0.15) is 38.9 Å². The van der Waals surface area contributed by atoms with Crippen molar-refractivity contribution in [3.8, 4) is 5.75 Å². The number of ether oxygens (including phenoxy) is 1. The summed E-state index contributed by atoms with van der Waals surface area (Å²) in [4.78, 5) is 33.2. The fourth-order valence-electron chi connectivity index (χ4n) is 4.61. The highest BCUT2D eigenvalue weighted by Crippen LogP contribution is 2.41. The number of fused-ring (bicyclic) bond motifs is 2. The molecule has 0 aliphatic carbocycles. The van der Waals surface area contributed by atoms with E-state index in [2.05, 4.69) is 4.98 Å². The standard InChI is InChI=1S/C30H21FN2O4/c1-18-10-13-25(32-16-18)33-27(20-8-5-9-22(14-20)36-17-19-6-3-2-4-7-19)26-28(34)23-15-21(31)11-12-24(23)37-29(26)30(33)35/h2-16,27H,17H2,1H3. The molecular formula is C30H21FN2O4. The molecule has 5 aromatic rings. The number of pyridine rings is 1. The van der Waals surface area contributed by atoms with Crippen LogP contribution >= 0.6 is 0 Å². The van der Waals surface area contributed by atoms with E-state index in [-0.39, 0.29) is 22.3 Å². The number of carbonyl (C=O) groups is 1. The minimum Gasteiger partial charge on any atom is -0.489 e. The van der Waals surface area contributed by atoms with Crippen LogP contribution in [0.3, 0.4) is 0 Å². The van der Waals surface area contributed by atoms with Crippen LogP contribution in [0.5, 0.6) is 5.75 Å². The Labute approximate surface area is 211 Å². The Morgan fingerprint density at radius 3 is 2.59 bits per heavy atom. The number of hydrogen-bond acceptors (Lipinski definition) is 5. The van der Waals surface area contributed by atoms with E-state index in [9.17, 15) is 14.0 Å². The normalized spacial score (nSPS) is 14.7. The number of carbonyl (C=O) groups excluding carboxylic acids is 1. The molecule has 3 heterocycles. The van der Waals surface area contributed by atoms with E-state index in [4.69, 9.17) is 9.15 Å². The van der Waals surface area contributed by atoms with Crippen LogP contribution < -0.4 is 15.1 Å². The molecule has 3 aromatic carbocycles. The lowest BCUT2D eigenvalue weighted by molar-refractivity contribution is 0.0970. The first kappa shape index (κ1) is 22.7. The monoisotopic (exact) mass is 492 g/mol. The topological polar surface area (TPSA) is 72.6 Å². The van der Waals surface area contributed by atoms with Crippen molar-refractivity contribution in [2.45, 2.75) is 19.6 Å². The number of rotatable bonds is 5. The van der Waals surface area contributed by atoms with Crippen molar-refractivity contribution in [2.24, 2.45) is 0 Å². The Hall–Kier alpha value is -4.78. The molecule has 0 bridgehead atoms. The zero-order chi connectivity index (χ0) is 25.5. The average Bonchev–Trinajstić information content (AvgIpc) is 3.21. The van der Waals surface area contributed by atoms with Crippen molar-refractivity contribution < 1.29 is 18.3 Å². The summed E-state index contributed by atoms with van der Waals surface area (Å²) in [5, 5.41) is 0.0757. The molecule has 6 nitrogen and oxygen atoms in total. The SMILES string of the molecule is Cc1ccc(N2C(=O)c3oc4ccc(F)cc4c(=O)c3C2c2cccc(OCc3ccccc3)c2)nc1. The summed E-state index contributed by atoms with van der Waals surface area (Å²) in [5.74, 6) is -0.177. The number of aryl methyl sites for hydroxylation is 1. The van der Waals surface area contributed by atoms with E-state index in [0.29, 0.717) is 23.7 Å². The summed E-state index contributed by atoms with van der Waals surface area (Å²) in [6, 6.07) is 23.4. The van der Waals surface area contributed by atoms with E-state index in [1.807, 2.05) is 55.5 Å². The van der Waals surface area contributed by atoms with Crippen LogP contribution in [0.15, 0.2) is 100 Å². The minimum atomic E-state index is -0.832. The molecule has 1 atom stereocenters. The van der Waals surface area contributed by atoms with E-state index in [1.165, 1.54) is 17.0 Å². The quantitative estimate of drug-likeness (QED) is 0.303. The minimum absolute atomic E-state index is 0.0757. The number of benzene rings is 3. The summed E-state index contributed by atoms with van der Waals surface area (Å²) >= 11 is 0. The second-order valence-corrected chi connectivity index (χ2v) is 8.93. The van der Waals surface area contributed by atoms with Gasteiger partial charge in [0.25, 0.3) is 5.91 Å². The molecule has 0 N–H and O–H groups in total. The van der Waals surface area contributed by atoms with Gasteiger partial charge in [-0.25, -0.2) is 9.37 Å². The van der Waals surface area contributed by atoms with E-state index < -0.39 is 23.2 Å². The lowest BCUT2D eigenvalue weighted by Gasteiger charge is -2.24. The molecule has 1 amide bonds. The number of aromatic nitrogens is 1. The lowest BCUT2D eigenvalue weighted by Crippen LogP contribution is -2.30. The highest BCUT2D eigenvalue weighted by Gasteiger charge is 2.44. The van der Waals surface area contributed by atoms with Gasteiger partial charge in [0.2, 0.25) is 5.76 Å². The number of nitrogens with zero attached hydrogens (tertiary/aromatic N) is 2. The fourth-order valence-corrected chi connectivity index (χ4v) is 4.61. The summed E-state index contributed by atoms with van der Waals surface area (Å²) in [7, 11) is 0. The van der Waals surface area contributed by atoms with E-state index in [1.54, 1.807) is 24.4 Å². The van der Waals surface area contributed by atoms with Gasteiger partial charge < -0.3 is 9.15 Å².